The Labute approximate surface area is 137 Å². The highest BCUT2D eigenvalue weighted by atomic mass is 16.4. The van der Waals surface area contributed by atoms with E-state index in [1.54, 1.807) is 29.8 Å². The molecule has 0 aliphatic carbocycles. The second kappa shape index (κ2) is 8.54. The highest BCUT2D eigenvalue weighted by Crippen LogP contribution is 2.26. The summed E-state index contributed by atoms with van der Waals surface area (Å²) < 4.78 is 1.61. The van der Waals surface area contributed by atoms with Gasteiger partial charge in [-0.3, -0.25) is 0 Å². The summed E-state index contributed by atoms with van der Waals surface area (Å²) in [6.07, 6.45) is 14.5. The Morgan fingerprint density at radius 3 is 2.39 bits per heavy atom. The zero-order chi connectivity index (χ0) is 17.4. The number of aromatic carboxylic acids is 1. The highest BCUT2D eigenvalue weighted by Gasteiger charge is 2.21. The summed E-state index contributed by atoms with van der Waals surface area (Å²) >= 11 is 0. The zero-order valence-corrected chi connectivity index (χ0v) is 13.8. The molecule has 0 saturated carbocycles. The Kier molecular flexibility index (Phi) is 6.74. The van der Waals surface area contributed by atoms with E-state index in [2.05, 4.69) is 18.3 Å². The maximum atomic E-state index is 11.5. The number of hydrogen-bond acceptors (Lipinski definition) is 2. The monoisotopic (exact) mass is 310 g/mol. The average molecular weight is 310 g/mol. The molecule has 0 atom stereocenters. The minimum Gasteiger partial charge on any atom is -0.476 e. The van der Waals surface area contributed by atoms with E-state index in [9.17, 15) is 9.90 Å². The third-order valence-electron chi connectivity index (χ3n) is 3.16. The van der Waals surface area contributed by atoms with Gasteiger partial charge in [-0.25, -0.2) is 9.48 Å². The maximum Gasteiger partial charge on any atom is 0.356 e. The summed E-state index contributed by atoms with van der Waals surface area (Å²) in [6.45, 7) is 13.1. The summed E-state index contributed by atoms with van der Waals surface area (Å²) in [5.74, 6) is -1.06. The fourth-order valence-corrected chi connectivity index (χ4v) is 2.16. The number of carboxylic acid groups (broad SMARTS) is 1. The van der Waals surface area contributed by atoms with Gasteiger partial charge >= 0.3 is 5.97 Å². The third kappa shape index (κ3) is 4.07. The lowest BCUT2D eigenvalue weighted by molar-refractivity contribution is 0.0689. The smallest absolute Gasteiger partial charge is 0.356 e. The molecule has 4 nitrogen and oxygen atoms in total. The molecule has 0 aliphatic rings. The summed E-state index contributed by atoms with van der Waals surface area (Å²) in [5.41, 5.74) is 2.82. The predicted octanol–water partition coefficient (Wildman–Crippen LogP) is 4.64. The van der Waals surface area contributed by atoms with E-state index in [1.165, 1.54) is 0 Å². The van der Waals surface area contributed by atoms with Crippen LogP contribution in [0.4, 0.5) is 0 Å². The van der Waals surface area contributed by atoms with Crippen LogP contribution in [0.25, 0.3) is 11.3 Å². The van der Waals surface area contributed by atoms with E-state index in [1.807, 2.05) is 44.2 Å². The maximum absolute atomic E-state index is 11.5. The van der Waals surface area contributed by atoms with Crippen molar-refractivity contribution in [1.82, 2.24) is 9.78 Å². The molecule has 0 radical (unpaired) electrons. The molecule has 1 aromatic rings. The Hall–Kier alpha value is -2.88. The summed E-state index contributed by atoms with van der Waals surface area (Å²) in [6, 6.07) is 0. The lowest BCUT2D eigenvalue weighted by atomic mass is 10.1. The Morgan fingerprint density at radius 2 is 1.91 bits per heavy atom. The van der Waals surface area contributed by atoms with Gasteiger partial charge in [0.05, 0.1) is 11.4 Å². The number of carboxylic acids is 1. The lowest BCUT2D eigenvalue weighted by Crippen LogP contribution is -2.04. The molecule has 1 rings (SSSR count). The van der Waals surface area contributed by atoms with E-state index in [0.717, 1.165) is 11.3 Å². The molecule has 0 fully saturated rings. The van der Waals surface area contributed by atoms with E-state index < -0.39 is 5.97 Å². The van der Waals surface area contributed by atoms with Crippen molar-refractivity contribution >= 4 is 17.2 Å². The van der Waals surface area contributed by atoms with Crippen molar-refractivity contribution in [2.75, 3.05) is 0 Å². The number of allylic oxidation sites excluding steroid dienone is 10. The van der Waals surface area contributed by atoms with Gasteiger partial charge in [0, 0.05) is 5.56 Å². The molecule has 0 aliphatic heterocycles. The van der Waals surface area contributed by atoms with Crippen molar-refractivity contribution in [3.8, 4) is 0 Å². The highest BCUT2D eigenvalue weighted by molar-refractivity contribution is 5.90. The van der Waals surface area contributed by atoms with Crippen LogP contribution in [0.1, 0.15) is 35.6 Å². The van der Waals surface area contributed by atoms with Gasteiger partial charge in [0.2, 0.25) is 0 Å². The second-order valence-corrected chi connectivity index (χ2v) is 4.72. The molecular weight excluding hydrogens is 288 g/mol. The van der Waals surface area contributed by atoms with Crippen LogP contribution in [0.15, 0.2) is 61.8 Å². The minimum atomic E-state index is -1.06. The Morgan fingerprint density at radius 1 is 1.22 bits per heavy atom. The molecule has 1 N–H and O–H groups in total. The predicted molar refractivity (Wildman–Crippen MR) is 96.2 cm³/mol. The molecule has 4 heteroatoms. The van der Waals surface area contributed by atoms with Gasteiger partial charge in [0.25, 0.3) is 0 Å². The molecule has 0 amide bonds. The summed E-state index contributed by atoms with van der Waals surface area (Å²) in [4.78, 5) is 11.5. The van der Waals surface area contributed by atoms with Crippen LogP contribution in [0.5, 0.6) is 0 Å². The van der Waals surface area contributed by atoms with Gasteiger partial charge in [-0.1, -0.05) is 49.6 Å². The van der Waals surface area contributed by atoms with Crippen LogP contribution >= 0.6 is 0 Å². The SMILES string of the molecule is C=C/C=C(\C=C/C)n1nc(C(=O)O)c(C)c1/C(C=C)=C/C=C\C. The first-order valence-electron chi connectivity index (χ1n) is 7.26. The average Bonchev–Trinajstić information content (AvgIpc) is 2.86. The van der Waals surface area contributed by atoms with Crippen molar-refractivity contribution in [2.45, 2.75) is 20.8 Å². The van der Waals surface area contributed by atoms with Crippen LogP contribution < -0.4 is 0 Å². The number of rotatable bonds is 7. The van der Waals surface area contributed by atoms with Crippen LogP contribution in [0.3, 0.4) is 0 Å². The van der Waals surface area contributed by atoms with Gasteiger partial charge < -0.3 is 5.11 Å². The normalized spacial score (nSPS) is 13.0. The van der Waals surface area contributed by atoms with Gasteiger partial charge in [0.1, 0.15) is 0 Å². The summed E-state index contributed by atoms with van der Waals surface area (Å²) in [5, 5.41) is 13.6. The van der Waals surface area contributed by atoms with E-state index in [0.29, 0.717) is 11.3 Å². The molecule has 0 bridgehead atoms. The lowest BCUT2D eigenvalue weighted by Gasteiger charge is -2.10. The number of aromatic nitrogens is 2. The minimum absolute atomic E-state index is 0.0210. The molecule has 0 saturated heterocycles. The van der Waals surface area contributed by atoms with Crippen LogP contribution in [-0.4, -0.2) is 20.9 Å². The molecule has 120 valence electrons. The van der Waals surface area contributed by atoms with E-state index in [4.69, 9.17) is 0 Å². The summed E-state index contributed by atoms with van der Waals surface area (Å²) in [7, 11) is 0. The topological polar surface area (TPSA) is 55.1 Å². The first-order valence-corrected chi connectivity index (χ1v) is 7.26. The second-order valence-electron chi connectivity index (χ2n) is 4.72. The molecule has 0 spiro atoms. The van der Waals surface area contributed by atoms with Crippen LogP contribution in [-0.2, 0) is 0 Å². The van der Waals surface area contributed by atoms with Crippen molar-refractivity contribution in [2.24, 2.45) is 0 Å². The number of carbonyl (C=O) groups is 1. The standard InChI is InChI=1S/C19H22N2O2/c1-6-10-13-15(9-4)18-14(5)17(19(22)23)20-21(18)16(11-7-2)12-8-3/h6-13H,2,4H2,1,3,5H3,(H,22,23)/b10-6-,12-8-,15-13+,16-11+. The largest absolute Gasteiger partial charge is 0.476 e. The van der Waals surface area contributed by atoms with Crippen molar-refractivity contribution in [1.29, 1.82) is 0 Å². The molecule has 0 aromatic carbocycles. The van der Waals surface area contributed by atoms with Gasteiger partial charge in [0.15, 0.2) is 5.69 Å². The van der Waals surface area contributed by atoms with Gasteiger partial charge in [-0.2, -0.15) is 5.10 Å². The van der Waals surface area contributed by atoms with Crippen LogP contribution in [0, 0.1) is 6.92 Å². The first kappa shape index (κ1) is 18.2. The Balaban J connectivity index is 3.78. The van der Waals surface area contributed by atoms with Gasteiger partial charge in [-0.15, -0.1) is 0 Å². The van der Waals surface area contributed by atoms with E-state index in [-0.39, 0.29) is 5.69 Å². The molecule has 1 heterocycles. The molecule has 0 unspecified atom stereocenters. The van der Waals surface area contributed by atoms with Crippen molar-refractivity contribution in [3.05, 3.63) is 78.7 Å². The Bertz CT molecular complexity index is 729. The van der Waals surface area contributed by atoms with Crippen molar-refractivity contribution < 1.29 is 9.90 Å². The van der Waals surface area contributed by atoms with Gasteiger partial charge in [-0.05, 0) is 38.5 Å². The van der Waals surface area contributed by atoms with Crippen LogP contribution in [0.2, 0.25) is 0 Å². The first-order chi connectivity index (χ1) is 11.0. The quantitative estimate of drug-likeness (QED) is 0.746. The number of nitrogens with zero attached hydrogens (tertiary/aromatic N) is 2. The molecular formula is C19H22N2O2. The van der Waals surface area contributed by atoms with E-state index >= 15 is 0 Å². The number of hydrogen-bond donors (Lipinski definition) is 1. The fourth-order valence-electron chi connectivity index (χ4n) is 2.16. The molecule has 23 heavy (non-hydrogen) atoms. The molecule has 1 aromatic heterocycles. The van der Waals surface area contributed by atoms with Crippen molar-refractivity contribution in [3.63, 3.8) is 0 Å². The third-order valence-corrected chi connectivity index (χ3v) is 3.16. The zero-order valence-electron chi connectivity index (χ0n) is 13.8. The fraction of sp³-hybridized carbons (Fsp3) is 0.158.